The Morgan fingerprint density at radius 2 is 2.24 bits per heavy atom. The van der Waals surface area contributed by atoms with E-state index in [-0.39, 0.29) is 12.5 Å². The first kappa shape index (κ1) is 13.9. The third-order valence-corrected chi connectivity index (χ3v) is 2.59. The van der Waals surface area contributed by atoms with Gasteiger partial charge in [-0.1, -0.05) is 6.07 Å². The summed E-state index contributed by atoms with van der Waals surface area (Å²) in [7, 11) is 0. The van der Waals surface area contributed by atoms with Crippen molar-refractivity contribution in [1.29, 1.82) is 0 Å². The standard InChI is InChI=1S/C11H12INO4/c1-7(11(15)16)17-6-10(14)13-9-4-2-3-8(12)5-9/h2-5,7H,6H2,1H3,(H,13,14)(H,15,16)/t7-/m1/s1. The predicted octanol–water partition coefficient (Wildman–Crippen LogP) is 1.72. The molecule has 0 spiro atoms. The van der Waals surface area contributed by atoms with Gasteiger partial charge in [-0.05, 0) is 47.7 Å². The maximum atomic E-state index is 11.4. The smallest absolute Gasteiger partial charge is 0.332 e. The van der Waals surface area contributed by atoms with Gasteiger partial charge >= 0.3 is 5.97 Å². The Bertz CT molecular complexity index is 422. The second kappa shape index (κ2) is 6.55. The van der Waals surface area contributed by atoms with Crippen LogP contribution in [0, 0.1) is 3.57 Å². The molecular formula is C11H12INO4. The maximum Gasteiger partial charge on any atom is 0.332 e. The van der Waals surface area contributed by atoms with Gasteiger partial charge in [0.05, 0.1) is 0 Å². The fraction of sp³-hybridized carbons (Fsp3) is 0.273. The van der Waals surface area contributed by atoms with Crippen molar-refractivity contribution in [3.8, 4) is 0 Å². The summed E-state index contributed by atoms with van der Waals surface area (Å²) in [5.74, 6) is -1.47. The van der Waals surface area contributed by atoms with Gasteiger partial charge in [0.25, 0.3) is 0 Å². The quantitative estimate of drug-likeness (QED) is 0.794. The topological polar surface area (TPSA) is 75.6 Å². The van der Waals surface area contributed by atoms with Gasteiger partial charge in [-0.15, -0.1) is 0 Å². The number of carbonyl (C=O) groups excluding carboxylic acids is 1. The van der Waals surface area contributed by atoms with Gasteiger partial charge in [0.1, 0.15) is 6.61 Å². The summed E-state index contributed by atoms with van der Waals surface area (Å²) in [4.78, 5) is 21.9. The lowest BCUT2D eigenvalue weighted by Gasteiger charge is -2.09. The number of aliphatic carboxylic acids is 1. The molecule has 0 aliphatic carbocycles. The third-order valence-electron chi connectivity index (χ3n) is 1.92. The van der Waals surface area contributed by atoms with Gasteiger partial charge in [0, 0.05) is 9.26 Å². The number of ether oxygens (including phenoxy) is 1. The highest BCUT2D eigenvalue weighted by molar-refractivity contribution is 14.1. The molecule has 17 heavy (non-hydrogen) atoms. The third kappa shape index (κ3) is 5.14. The zero-order chi connectivity index (χ0) is 12.8. The molecule has 1 rings (SSSR count). The van der Waals surface area contributed by atoms with Crippen LogP contribution in [0.15, 0.2) is 24.3 Å². The zero-order valence-corrected chi connectivity index (χ0v) is 11.3. The molecule has 0 aliphatic heterocycles. The van der Waals surface area contributed by atoms with E-state index in [1.54, 1.807) is 12.1 Å². The Labute approximate surface area is 112 Å². The van der Waals surface area contributed by atoms with Crippen LogP contribution in [-0.2, 0) is 14.3 Å². The highest BCUT2D eigenvalue weighted by Gasteiger charge is 2.13. The van der Waals surface area contributed by atoms with Gasteiger partial charge in [0.2, 0.25) is 5.91 Å². The van der Waals surface area contributed by atoms with Crippen LogP contribution in [0.5, 0.6) is 0 Å². The summed E-state index contributed by atoms with van der Waals surface area (Å²) >= 11 is 2.13. The van der Waals surface area contributed by atoms with Crippen LogP contribution in [0.3, 0.4) is 0 Å². The van der Waals surface area contributed by atoms with Crippen LogP contribution in [0.2, 0.25) is 0 Å². The van der Waals surface area contributed by atoms with Crippen LogP contribution < -0.4 is 5.32 Å². The lowest BCUT2D eigenvalue weighted by Crippen LogP contribution is -2.26. The first-order chi connectivity index (χ1) is 7.99. The number of halogens is 1. The first-order valence-electron chi connectivity index (χ1n) is 4.89. The minimum absolute atomic E-state index is 0.279. The van der Waals surface area contributed by atoms with Crippen molar-refractivity contribution in [2.75, 3.05) is 11.9 Å². The Morgan fingerprint density at radius 3 is 2.82 bits per heavy atom. The molecule has 2 N–H and O–H groups in total. The van der Waals surface area contributed by atoms with Crippen molar-refractivity contribution in [3.05, 3.63) is 27.8 Å². The molecule has 6 heteroatoms. The van der Waals surface area contributed by atoms with Crippen molar-refractivity contribution in [2.24, 2.45) is 0 Å². The van der Waals surface area contributed by atoms with E-state index in [4.69, 9.17) is 9.84 Å². The van der Waals surface area contributed by atoms with E-state index in [9.17, 15) is 9.59 Å². The molecule has 5 nitrogen and oxygen atoms in total. The number of rotatable bonds is 5. The molecule has 0 unspecified atom stereocenters. The summed E-state index contributed by atoms with van der Waals surface area (Å²) < 4.78 is 5.85. The van der Waals surface area contributed by atoms with E-state index in [1.807, 2.05) is 12.1 Å². The number of carbonyl (C=O) groups is 2. The number of hydrogen-bond donors (Lipinski definition) is 2. The molecule has 0 heterocycles. The molecule has 1 aromatic carbocycles. The van der Waals surface area contributed by atoms with Crippen molar-refractivity contribution < 1.29 is 19.4 Å². The van der Waals surface area contributed by atoms with E-state index >= 15 is 0 Å². The van der Waals surface area contributed by atoms with Crippen LogP contribution in [0.25, 0.3) is 0 Å². The fourth-order valence-corrected chi connectivity index (χ4v) is 1.58. The maximum absolute atomic E-state index is 11.4. The normalized spacial score (nSPS) is 11.9. The second-order valence-corrected chi connectivity index (χ2v) is 4.60. The van der Waals surface area contributed by atoms with Crippen molar-refractivity contribution in [2.45, 2.75) is 13.0 Å². The van der Waals surface area contributed by atoms with Crippen molar-refractivity contribution >= 4 is 40.2 Å². The molecule has 1 aromatic rings. The minimum Gasteiger partial charge on any atom is -0.479 e. The Hall–Kier alpha value is -1.15. The van der Waals surface area contributed by atoms with Gasteiger partial charge in [-0.3, -0.25) is 4.79 Å². The molecule has 0 aromatic heterocycles. The summed E-state index contributed by atoms with van der Waals surface area (Å²) in [6, 6.07) is 7.27. The number of hydrogen-bond acceptors (Lipinski definition) is 3. The molecule has 92 valence electrons. The van der Waals surface area contributed by atoms with E-state index in [2.05, 4.69) is 27.9 Å². The van der Waals surface area contributed by atoms with Gasteiger partial charge < -0.3 is 15.2 Å². The number of benzene rings is 1. The number of amides is 1. The van der Waals surface area contributed by atoms with E-state index < -0.39 is 12.1 Å². The Kier molecular flexibility index (Phi) is 5.36. The van der Waals surface area contributed by atoms with Crippen LogP contribution in [-0.4, -0.2) is 29.7 Å². The summed E-state index contributed by atoms with van der Waals surface area (Å²) in [5, 5.41) is 11.2. The Balaban J connectivity index is 2.42. The molecule has 0 saturated heterocycles. The Morgan fingerprint density at radius 1 is 1.53 bits per heavy atom. The minimum atomic E-state index is -1.09. The summed E-state index contributed by atoms with van der Waals surface area (Å²) in [6.07, 6.45) is -0.989. The molecular weight excluding hydrogens is 337 g/mol. The lowest BCUT2D eigenvalue weighted by atomic mass is 10.3. The molecule has 1 amide bonds. The zero-order valence-electron chi connectivity index (χ0n) is 9.14. The van der Waals surface area contributed by atoms with Gasteiger partial charge in [0.15, 0.2) is 6.10 Å². The van der Waals surface area contributed by atoms with E-state index in [0.29, 0.717) is 5.69 Å². The number of carboxylic acid groups (broad SMARTS) is 1. The molecule has 0 radical (unpaired) electrons. The average molecular weight is 349 g/mol. The predicted molar refractivity (Wildman–Crippen MR) is 70.8 cm³/mol. The van der Waals surface area contributed by atoms with Crippen molar-refractivity contribution in [3.63, 3.8) is 0 Å². The molecule has 0 fully saturated rings. The lowest BCUT2D eigenvalue weighted by molar-refractivity contribution is -0.150. The monoisotopic (exact) mass is 349 g/mol. The number of anilines is 1. The van der Waals surface area contributed by atoms with Crippen LogP contribution in [0.1, 0.15) is 6.92 Å². The SMILES string of the molecule is C[C@@H](OCC(=O)Nc1cccc(I)c1)C(=O)O. The van der Waals surface area contributed by atoms with E-state index in [1.165, 1.54) is 6.92 Å². The number of nitrogens with one attached hydrogen (secondary N) is 1. The van der Waals surface area contributed by atoms with Crippen LogP contribution in [0.4, 0.5) is 5.69 Å². The van der Waals surface area contributed by atoms with Gasteiger partial charge in [-0.25, -0.2) is 4.79 Å². The second-order valence-electron chi connectivity index (χ2n) is 3.35. The molecule has 1 atom stereocenters. The average Bonchev–Trinajstić information content (AvgIpc) is 2.25. The molecule has 0 bridgehead atoms. The highest BCUT2D eigenvalue weighted by atomic mass is 127. The summed E-state index contributed by atoms with van der Waals surface area (Å²) in [5.41, 5.74) is 0.661. The van der Waals surface area contributed by atoms with Gasteiger partial charge in [-0.2, -0.15) is 0 Å². The van der Waals surface area contributed by atoms with E-state index in [0.717, 1.165) is 3.57 Å². The molecule has 0 aliphatic rings. The largest absolute Gasteiger partial charge is 0.479 e. The fourth-order valence-electron chi connectivity index (χ4n) is 1.04. The van der Waals surface area contributed by atoms with Crippen molar-refractivity contribution in [1.82, 2.24) is 0 Å². The molecule has 0 saturated carbocycles. The number of carboxylic acids is 1. The van der Waals surface area contributed by atoms with Crippen LogP contribution >= 0.6 is 22.6 Å². The first-order valence-corrected chi connectivity index (χ1v) is 5.96. The summed E-state index contributed by atoms with van der Waals surface area (Å²) in [6.45, 7) is 1.10. The highest BCUT2D eigenvalue weighted by Crippen LogP contribution is 2.12.